The van der Waals surface area contributed by atoms with Gasteiger partial charge in [-0.1, -0.05) is 0 Å². The summed E-state index contributed by atoms with van der Waals surface area (Å²) in [6, 6.07) is 14.6. The molecule has 0 radical (unpaired) electrons. The van der Waals surface area contributed by atoms with Gasteiger partial charge in [0.2, 0.25) is 17.7 Å². The van der Waals surface area contributed by atoms with Crippen LogP contribution in [0.4, 0.5) is 10.1 Å². The summed E-state index contributed by atoms with van der Waals surface area (Å²) in [6.07, 6.45) is 5.29. The largest absolute Gasteiger partial charge is 0.481 e. The number of halogens is 1. The Balaban J connectivity index is 1.40. The smallest absolute Gasteiger partial charge is 0.229 e. The van der Waals surface area contributed by atoms with E-state index >= 15 is 0 Å². The lowest BCUT2D eigenvalue weighted by Gasteiger charge is -2.30. The average Bonchev–Trinajstić information content (AvgIpc) is 3.59. The van der Waals surface area contributed by atoms with Crippen LogP contribution in [-0.2, 0) is 9.59 Å². The van der Waals surface area contributed by atoms with E-state index in [1.54, 1.807) is 47.3 Å². The first-order valence-electron chi connectivity index (χ1n) is 11.9. The molecule has 36 heavy (non-hydrogen) atoms. The molecule has 0 unspecified atom stereocenters. The maximum atomic E-state index is 13.4. The molecule has 4 aromatic rings. The van der Waals surface area contributed by atoms with E-state index in [9.17, 15) is 14.0 Å². The molecular weight excluding hydrogens is 461 g/mol. The number of pyridine rings is 1. The van der Waals surface area contributed by atoms with Crippen molar-refractivity contribution in [1.29, 1.82) is 0 Å². The molecule has 9 heteroatoms. The molecule has 2 fully saturated rings. The second-order valence-electron chi connectivity index (χ2n) is 9.18. The minimum Gasteiger partial charge on any atom is -0.481 e. The number of carbonyl (C=O) groups is 2. The second kappa shape index (κ2) is 8.75. The highest BCUT2D eigenvalue weighted by Crippen LogP contribution is 2.41. The number of rotatable bonds is 6. The average molecular weight is 486 g/mol. The summed E-state index contributed by atoms with van der Waals surface area (Å²) in [4.78, 5) is 32.1. The fourth-order valence-electron chi connectivity index (χ4n) is 4.93. The topological polar surface area (TPSA) is 89.3 Å². The van der Waals surface area contributed by atoms with Gasteiger partial charge in [0.15, 0.2) is 0 Å². The molecule has 2 aliphatic rings. The maximum Gasteiger partial charge on any atom is 0.229 e. The molecule has 1 saturated heterocycles. The molecule has 1 saturated carbocycles. The quantitative estimate of drug-likeness (QED) is 0.447. The Morgan fingerprint density at radius 2 is 1.89 bits per heavy atom. The summed E-state index contributed by atoms with van der Waals surface area (Å²) in [5, 5.41) is 8.40. The third-order valence-corrected chi connectivity index (χ3v) is 6.81. The van der Waals surface area contributed by atoms with E-state index in [1.165, 1.54) is 12.1 Å². The Labute approximate surface area is 206 Å². The molecule has 2 aromatic carbocycles. The molecular formula is C27H24FN5O3. The van der Waals surface area contributed by atoms with Crippen molar-refractivity contribution >= 4 is 28.4 Å². The third kappa shape index (κ3) is 3.86. The molecule has 8 nitrogen and oxygen atoms in total. The van der Waals surface area contributed by atoms with Gasteiger partial charge >= 0.3 is 0 Å². The SMILES string of the molecule is COc1ncccc1[C@@H]1[C@@H](NC(=O)C2CC2)CC(=O)N1c1ccc2c(cnn2-c2ccc(F)cc2)c1. The van der Waals surface area contributed by atoms with Crippen molar-refractivity contribution < 1.29 is 18.7 Å². The van der Waals surface area contributed by atoms with E-state index in [4.69, 9.17) is 4.74 Å². The Kier molecular flexibility index (Phi) is 5.40. The first-order valence-corrected chi connectivity index (χ1v) is 11.9. The van der Waals surface area contributed by atoms with Crippen LogP contribution in [0.3, 0.4) is 0 Å². The molecule has 182 valence electrons. The molecule has 1 aliphatic carbocycles. The van der Waals surface area contributed by atoms with E-state index in [0.29, 0.717) is 11.6 Å². The van der Waals surface area contributed by atoms with Gasteiger partial charge in [0.05, 0.1) is 36.6 Å². The number of amides is 2. The monoisotopic (exact) mass is 485 g/mol. The molecule has 2 atom stereocenters. The zero-order valence-electron chi connectivity index (χ0n) is 19.6. The fourth-order valence-corrected chi connectivity index (χ4v) is 4.93. The van der Waals surface area contributed by atoms with Crippen LogP contribution in [0.15, 0.2) is 67.0 Å². The zero-order chi connectivity index (χ0) is 24.8. The van der Waals surface area contributed by atoms with Gasteiger partial charge in [-0.3, -0.25) is 9.59 Å². The number of nitrogens with zero attached hydrogens (tertiary/aromatic N) is 4. The van der Waals surface area contributed by atoms with Crippen molar-refractivity contribution in [2.45, 2.75) is 31.3 Å². The van der Waals surface area contributed by atoms with E-state index in [0.717, 1.165) is 35.0 Å². The van der Waals surface area contributed by atoms with Gasteiger partial charge in [-0.2, -0.15) is 5.10 Å². The van der Waals surface area contributed by atoms with Gasteiger partial charge in [0.25, 0.3) is 0 Å². The van der Waals surface area contributed by atoms with Crippen molar-refractivity contribution in [1.82, 2.24) is 20.1 Å². The lowest BCUT2D eigenvalue weighted by atomic mass is 10.00. The van der Waals surface area contributed by atoms with Gasteiger partial charge in [0, 0.05) is 35.2 Å². The lowest BCUT2D eigenvalue weighted by molar-refractivity contribution is -0.123. The van der Waals surface area contributed by atoms with Crippen molar-refractivity contribution in [3.05, 3.63) is 78.4 Å². The number of fused-ring (bicyclic) bond motifs is 1. The van der Waals surface area contributed by atoms with Crippen LogP contribution in [0, 0.1) is 11.7 Å². The summed E-state index contributed by atoms with van der Waals surface area (Å²) >= 11 is 0. The highest BCUT2D eigenvalue weighted by molar-refractivity contribution is 6.00. The number of hydrogen-bond acceptors (Lipinski definition) is 5. The number of aromatic nitrogens is 3. The highest BCUT2D eigenvalue weighted by atomic mass is 19.1. The van der Waals surface area contributed by atoms with E-state index in [1.807, 2.05) is 24.3 Å². The van der Waals surface area contributed by atoms with E-state index in [-0.39, 0.29) is 30.0 Å². The number of methoxy groups -OCH3 is 1. The number of ether oxygens (including phenoxy) is 1. The van der Waals surface area contributed by atoms with Crippen molar-refractivity contribution in [2.75, 3.05) is 12.0 Å². The van der Waals surface area contributed by atoms with Crippen LogP contribution in [0.25, 0.3) is 16.6 Å². The molecule has 0 spiro atoms. The molecule has 1 aliphatic heterocycles. The van der Waals surface area contributed by atoms with E-state index < -0.39 is 12.1 Å². The molecule has 2 amide bonds. The summed E-state index contributed by atoms with van der Waals surface area (Å²) in [6.45, 7) is 0. The number of hydrogen-bond donors (Lipinski definition) is 1. The Morgan fingerprint density at radius 3 is 2.64 bits per heavy atom. The molecule has 1 N–H and O–H groups in total. The molecule has 3 heterocycles. The molecule has 2 aromatic heterocycles. The van der Waals surface area contributed by atoms with Crippen LogP contribution in [0.1, 0.15) is 30.9 Å². The van der Waals surface area contributed by atoms with Crippen LogP contribution in [0.2, 0.25) is 0 Å². The number of anilines is 1. The number of nitrogens with one attached hydrogen (secondary N) is 1. The lowest BCUT2D eigenvalue weighted by Crippen LogP contribution is -2.40. The van der Waals surface area contributed by atoms with Crippen LogP contribution < -0.4 is 15.0 Å². The summed E-state index contributed by atoms with van der Waals surface area (Å²) in [5.74, 6) is 0.0124. The Morgan fingerprint density at radius 1 is 1.11 bits per heavy atom. The van der Waals surface area contributed by atoms with Crippen molar-refractivity contribution in [3.8, 4) is 11.6 Å². The van der Waals surface area contributed by atoms with Crippen LogP contribution in [-0.4, -0.2) is 39.7 Å². The van der Waals surface area contributed by atoms with Crippen molar-refractivity contribution in [2.24, 2.45) is 5.92 Å². The predicted molar refractivity (Wildman–Crippen MR) is 131 cm³/mol. The number of carbonyl (C=O) groups excluding carboxylic acids is 2. The van der Waals surface area contributed by atoms with Gasteiger partial charge in [-0.25, -0.2) is 14.1 Å². The fraction of sp³-hybridized carbons (Fsp3) is 0.259. The van der Waals surface area contributed by atoms with E-state index in [2.05, 4.69) is 15.4 Å². The van der Waals surface area contributed by atoms with Crippen molar-refractivity contribution in [3.63, 3.8) is 0 Å². The Bertz CT molecular complexity index is 1460. The van der Waals surface area contributed by atoms with Gasteiger partial charge in [-0.15, -0.1) is 0 Å². The minimum absolute atomic E-state index is 0.0152. The normalized spacial score (nSPS) is 19.6. The first kappa shape index (κ1) is 22.2. The molecule has 0 bridgehead atoms. The third-order valence-electron chi connectivity index (χ3n) is 6.81. The summed E-state index contributed by atoms with van der Waals surface area (Å²) in [7, 11) is 1.54. The van der Waals surface area contributed by atoms with Crippen LogP contribution in [0.5, 0.6) is 5.88 Å². The standard InChI is InChI=1S/C27H24FN5O3/c1-36-27-21(3-2-12-29-27)25-22(31-26(35)16-4-5-16)14-24(34)32(25)20-10-11-23-17(13-20)15-30-33(23)19-8-6-18(28)7-9-19/h2-3,6-13,15-16,22,25H,4-5,14H2,1H3,(H,31,35)/t22-,25+/m0/s1. The van der Waals surface area contributed by atoms with Gasteiger partial charge in [-0.05, 0) is 67.4 Å². The van der Waals surface area contributed by atoms with Gasteiger partial charge in [0.1, 0.15) is 5.82 Å². The second-order valence-corrected chi connectivity index (χ2v) is 9.18. The van der Waals surface area contributed by atoms with Crippen LogP contribution >= 0.6 is 0 Å². The summed E-state index contributed by atoms with van der Waals surface area (Å²) in [5.41, 5.74) is 2.97. The predicted octanol–water partition coefficient (Wildman–Crippen LogP) is 3.94. The molecule has 6 rings (SSSR count). The summed E-state index contributed by atoms with van der Waals surface area (Å²) < 4.78 is 20.6. The maximum absolute atomic E-state index is 13.4. The number of benzene rings is 2. The Hall–Kier alpha value is -4.27. The van der Waals surface area contributed by atoms with Gasteiger partial charge < -0.3 is 15.0 Å². The minimum atomic E-state index is -0.478. The first-order chi connectivity index (χ1) is 17.5. The zero-order valence-corrected chi connectivity index (χ0v) is 19.6. The highest BCUT2D eigenvalue weighted by Gasteiger charge is 2.45.